The van der Waals surface area contributed by atoms with Crippen molar-refractivity contribution in [2.24, 2.45) is 0 Å². The summed E-state index contributed by atoms with van der Waals surface area (Å²) in [5, 5.41) is 0. The van der Waals surface area contributed by atoms with Gasteiger partial charge in [-0.25, -0.2) is 8.78 Å². The van der Waals surface area contributed by atoms with Gasteiger partial charge in [0.05, 0.1) is 0 Å². The highest BCUT2D eigenvalue weighted by Crippen LogP contribution is 2.20. The first-order chi connectivity index (χ1) is 9.06. The first-order valence-electron chi connectivity index (χ1n) is 5.73. The molecule has 0 saturated heterocycles. The second-order valence-electron chi connectivity index (χ2n) is 4.20. The molecule has 0 aliphatic rings. The van der Waals surface area contributed by atoms with Gasteiger partial charge in [-0.3, -0.25) is 0 Å². The summed E-state index contributed by atoms with van der Waals surface area (Å²) >= 11 is 0. The number of aryl methyl sites for hydroxylation is 2. The number of rotatable bonds is 4. The molecule has 0 fully saturated rings. The second-order valence-corrected chi connectivity index (χ2v) is 4.20. The first-order valence-corrected chi connectivity index (χ1v) is 5.73. The Balaban J connectivity index is 2.00. The smallest absolute Gasteiger partial charge is 0.524 e. The number of benzene rings is 2. The Hall–Kier alpha value is -2.04. The number of halogens is 2. The molecule has 2 aromatic rings. The van der Waals surface area contributed by atoms with Crippen LogP contribution >= 0.6 is 0 Å². The summed E-state index contributed by atoms with van der Waals surface area (Å²) in [5.41, 5.74) is 1.71. The van der Waals surface area contributed by atoms with Gasteiger partial charge in [0, 0.05) is 0 Å². The van der Waals surface area contributed by atoms with Crippen molar-refractivity contribution in [3.05, 3.63) is 59.2 Å². The molecular weight excluding hydrogens is 249 g/mol. The summed E-state index contributed by atoms with van der Waals surface area (Å²) in [4.78, 5) is 0. The van der Waals surface area contributed by atoms with Crippen LogP contribution in [0.15, 0.2) is 36.4 Å². The lowest BCUT2D eigenvalue weighted by atomic mass is 10.2. The molecule has 0 spiro atoms. The van der Waals surface area contributed by atoms with Crippen LogP contribution in [0.1, 0.15) is 11.1 Å². The van der Waals surface area contributed by atoms with Crippen LogP contribution in [0.3, 0.4) is 0 Å². The molecule has 0 saturated carbocycles. The molecule has 2 aromatic carbocycles. The summed E-state index contributed by atoms with van der Waals surface area (Å²) in [6, 6.07) is 8.91. The highest BCUT2D eigenvalue weighted by molar-refractivity contribution is 6.20. The molecule has 2 rings (SSSR count). The third-order valence-electron chi connectivity index (χ3n) is 2.52. The van der Waals surface area contributed by atoms with Crippen LogP contribution in [0, 0.1) is 25.5 Å². The quantitative estimate of drug-likeness (QED) is 0.783. The van der Waals surface area contributed by atoms with E-state index in [2.05, 4.69) is 0 Å². The van der Waals surface area contributed by atoms with Crippen molar-refractivity contribution in [1.82, 2.24) is 0 Å². The summed E-state index contributed by atoms with van der Waals surface area (Å²) < 4.78 is 36.8. The molecule has 0 atom stereocenters. The van der Waals surface area contributed by atoms with Crippen molar-refractivity contribution < 1.29 is 18.1 Å². The van der Waals surface area contributed by atoms with Crippen molar-refractivity contribution in [2.75, 3.05) is 0 Å². The zero-order valence-corrected chi connectivity index (χ0v) is 10.6. The van der Waals surface area contributed by atoms with Crippen LogP contribution in [0.5, 0.6) is 11.5 Å². The van der Waals surface area contributed by atoms with Gasteiger partial charge in [0.1, 0.15) is 11.5 Å². The Labute approximate surface area is 111 Å². The average molecular weight is 261 g/mol. The fourth-order valence-electron chi connectivity index (χ4n) is 1.53. The van der Waals surface area contributed by atoms with E-state index < -0.39 is 11.6 Å². The predicted molar refractivity (Wildman–Crippen MR) is 69.3 cm³/mol. The molecule has 0 aliphatic heterocycles. The standard InChI is InChI=1S/C14H12BF2O2/c1-9-3-5-11(16)13(7-9)18-15-19-14-8-10(2)4-6-12(14)17/h3-8H,1-2H3. The molecule has 2 nitrogen and oxygen atoms in total. The highest BCUT2D eigenvalue weighted by atomic mass is 19.1. The summed E-state index contributed by atoms with van der Waals surface area (Å²) in [6.45, 7) is 3.63. The van der Waals surface area contributed by atoms with E-state index in [-0.39, 0.29) is 11.5 Å². The molecular formula is C14H12BF2O2. The van der Waals surface area contributed by atoms with E-state index in [4.69, 9.17) is 9.31 Å². The Kier molecular flexibility index (Phi) is 4.05. The van der Waals surface area contributed by atoms with Crippen molar-refractivity contribution in [3.63, 3.8) is 0 Å². The van der Waals surface area contributed by atoms with Gasteiger partial charge in [0.15, 0.2) is 11.6 Å². The maximum absolute atomic E-state index is 13.4. The molecule has 0 aromatic heterocycles. The van der Waals surface area contributed by atoms with Gasteiger partial charge < -0.3 is 9.31 Å². The highest BCUT2D eigenvalue weighted by Gasteiger charge is 2.09. The maximum atomic E-state index is 13.4. The van der Waals surface area contributed by atoms with Gasteiger partial charge in [-0.05, 0) is 49.2 Å². The largest absolute Gasteiger partial charge is 0.658 e. The summed E-state index contributed by atoms with van der Waals surface area (Å²) in [5.74, 6) is -0.938. The monoisotopic (exact) mass is 261 g/mol. The van der Waals surface area contributed by atoms with Gasteiger partial charge in [-0.1, -0.05) is 12.1 Å². The minimum atomic E-state index is -0.504. The third-order valence-corrected chi connectivity index (χ3v) is 2.52. The van der Waals surface area contributed by atoms with E-state index in [0.29, 0.717) is 0 Å². The van der Waals surface area contributed by atoms with E-state index in [0.717, 1.165) is 18.8 Å². The van der Waals surface area contributed by atoms with Crippen LogP contribution in [-0.2, 0) is 0 Å². The van der Waals surface area contributed by atoms with Gasteiger partial charge in [0.25, 0.3) is 0 Å². The molecule has 0 N–H and O–H groups in total. The molecule has 5 heteroatoms. The molecule has 1 radical (unpaired) electrons. The van der Waals surface area contributed by atoms with E-state index in [1.54, 1.807) is 12.1 Å². The van der Waals surface area contributed by atoms with Gasteiger partial charge in [-0.15, -0.1) is 0 Å². The zero-order valence-electron chi connectivity index (χ0n) is 10.6. The number of hydrogen-bond acceptors (Lipinski definition) is 2. The van der Waals surface area contributed by atoms with Crippen molar-refractivity contribution >= 4 is 7.69 Å². The molecule has 97 valence electrons. The van der Waals surface area contributed by atoms with Crippen LogP contribution in [0.4, 0.5) is 8.78 Å². The molecule has 0 heterocycles. The molecule has 19 heavy (non-hydrogen) atoms. The van der Waals surface area contributed by atoms with Gasteiger partial charge >= 0.3 is 7.69 Å². The Morgan fingerprint density at radius 1 is 0.789 bits per heavy atom. The molecule has 0 unspecified atom stereocenters. The zero-order chi connectivity index (χ0) is 13.8. The molecule has 0 amide bonds. The van der Waals surface area contributed by atoms with Gasteiger partial charge in [-0.2, -0.15) is 0 Å². The minimum Gasteiger partial charge on any atom is -0.524 e. The Bertz CT molecular complexity index is 536. The van der Waals surface area contributed by atoms with E-state index in [9.17, 15) is 8.78 Å². The normalized spacial score (nSPS) is 10.1. The van der Waals surface area contributed by atoms with Gasteiger partial charge in [0.2, 0.25) is 0 Å². The van der Waals surface area contributed by atoms with Crippen LogP contribution in [0.2, 0.25) is 0 Å². The fourth-order valence-corrected chi connectivity index (χ4v) is 1.53. The van der Waals surface area contributed by atoms with E-state index >= 15 is 0 Å². The lowest BCUT2D eigenvalue weighted by molar-refractivity contribution is 0.421. The van der Waals surface area contributed by atoms with Crippen LogP contribution in [-0.4, -0.2) is 7.69 Å². The molecule has 0 aliphatic carbocycles. The number of hydrogen-bond donors (Lipinski definition) is 0. The fraction of sp³-hybridized carbons (Fsp3) is 0.143. The lowest BCUT2D eigenvalue weighted by Crippen LogP contribution is -2.12. The average Bonchev–Trinajstić information content (AvgIpc) is 2.38. The van der Waals surface area contributed by atoms with Crippen LogP contribution < -0.4 is 9.31 Å². The van der Waals surface area contributed by atoms with E-state index in [1.165, 1.54) is 24.3 Å². The maximum Gasteiger partial charge on any atom is 0.658 e. The third kappa shape index (κ3) is 3.47. The molecule has 0 bridgehead atoms. The SMILES string of the molecule is Cc1ccc(F)c(O[B]Oc2cc(C)ccc2F)c1. The summed E-state index contributed by atoms with van der Waals surface area (Å²) in [6.07, 6.45) is 0. The first kappa shape index (κ1) is 13.4. The second kappa shape index (κ2) is 5.74. The minimum absolute atomic E-state index is 0.0352. The van der Waals surface area contributed by atoms with Crippen LogP contribution in [0.25, 0.3) is 0 Å². The van der Waals surface area contributed by atoms with Crippen molar-refractivity contribution in [2.45, 2.75) is 13.8 Å². The van der Waals surface area contributed by atoms with E-state index in [1.807, 2.05) is 13.8 Å². The summed E-state index contributed by atoms with van der Waals surface area (Å²) in [7, 11) is 0.912. The Morgan fingerprint density at radius 3 is 1.63 bits per heavy atom. The predicted octanol–water partition coefficient (Wildman–Crippen LogP) is 3.57. The van der Waals surface area contributed by atoms with Crippen molar-refractivity contribution in [3.8, 4) is 11.5 Å². The lowest BCUT2D eigenvalue weighted by Gasteiger charge is -2.09. The Morgan fingerprint density at radius 2 is 1.21 bits per heavy atom. The topological polar surface area (TPSA) is 18.5 Å². The van der Waals surface area contributed by atoms with Crippen molar-refractivity contribution in [1.29, 1.82) is 0 Å².